The van der Waals surface area contributed by atoms with Gasteiger partial charge in [-0.3, -0.25) is 0 Å². The Morgan fingerprint density at radius 1 is 1.33 bits per heavy atom. The third kappa shape index (κ3) is 1.68. The standard InChI is InChI=1S/C8H16O/c1-3-5-8-6-7(4-2)9-8/h7-8H,3-6H2,1-2H3. The van der Waals surface area contributed by atoms with Crippen LogP contribution in [0.25, 0.3) is 0 Å². The molecule has 1 aliphatic rings. The summed E-state index contributed by atoms with van der Waals surface area (Å²) < 4.78 is 5.53. The lowest BCUT2D eigenvalue weighted by molar-refractivity contribution is -0.127. The lowest BCUT2D eigenvalue weighted by atomic mass is 9.99. The fourth-order valence-corrected chi connectivity index (χ4v) is 1.33. The molecule has 54 valence electrons. The van der Waals surface area contributed by atoms with E-state index in [1.54, 1.807) is 0 Å². The second-order valence-corrected chi connectivity index (χ2v) is 2.81. The quantitative estimate of drug-likeness (QED) is 0.567. The number of rotatable bonds is 3. The van der Waals surface area contributed by atoms with Crippen LogP contribution in [-0.4, -0.2) is 12.2 Å². The topological polar surface area (TPSA) is 9.23 Å². The molecule has 0 aromatic rings. The molecule has 0 aromatic carbocycles. The van der Waals surface area contributed by atoms with E-state index in [0.717, 1.165) is 0 Å². The van der Waals surface area contributed by atoms with Gasteiger partial charge in [0.15, 0.2) is 0 Å². The molecule has 0 N–H and O–H groups in total. The van der Waals surface area contributed by atoms with Crippen LogP contribution in [0.1, 0.15) is 39.5 Å². The Morgan fingerprint density at radius 2 is 2.00 bits per heavy atom. The molecule has 1 aliphatic heterocycles. The van der Waals surface area contributed by atoms with Gasteiger partial charge in [-0.05, 0) is 19.3 Å². The second-order valence-electron chi connectivity index (χ2n) is 2.81. The van der Waals surface area contributed by atoms with Crippen molar-refractivity contribution < 1.29 is 4.74 Å². The Bertz CT molecular complexity index is 74.6. The van der Waals surface area contributed by atoms with Crippen LogP contribution in [0.3, 0.4) is 0 Å². The third-order valence-electron chi connectivity index (χ3n) is 1.98. The molecule has 1 fully saturated rings. The molecule has 0 aliphatic carbocycles. The van der Waals surface area contributed by atoms with E-state index < -0.39 is 0 Å². The molecule has 0 amide bonds. The summed E-state index contributed by atoms with van der Waals surface area (Å²) in [7, 11) is 0. The summed E-state index contributed by atoms with van der Waals surface area (Å²) in [4.78, 5) is 0. The highest BCUT2D eigenvalue weighted by molar-refractivity contribution is 4.75. The molecule has 1 saturated heterocycles. The van der Waals surface area contributed by atoms with Crippen LogP contribution in [0.15, 0.2) is 0 Å². The monoisotopic (exact) mass is 128 g/mol. The molecule has 1 heterocycles. The maximum Gasteiger partial charge on any atom is 0.0603 e. The normalized spacial score (nSPS) is 34.0. The van der Waals surface area contributed by atoms with Crippen LogP contribution < -0.4 is 0 Å². The Labute approximate surface area is 57.4 Å². The minimum atomic E-state index is 0.599. The van der Waals surface area contributed by atoms with E-state index in [1.807, 2.05) is 0 Å². The zero-order valence-electron chi connectivity index (χ0n) is 6.39. The minimum absolute atomic E-state index is 0.599. The van der Waals surface area contributed by atoms with E-state index in [4.69, 9.17) is 4.74 Å². The SMILES string of the molecule is CCCC1CC(CC)O1. The van der Waals surface area contributed by atoms with E-state index in [2.05, 4.69) is 13.8 Å². The zero-order chi connectivity index (χ0) is 6.69. The largest absolute Gasteiger partial charge is 0.375 e. The summed E-state index contributed by atoms with van der Waals surface area (Å²) in [5, 5.41) is 0. The molecule has 2 atom stereocenters. The van der Waals surface area contributed by atoms with Crippen LogP contribution in [0, 0.1) is 0 Å². The number of hydrogen-bond donors (Lipinski definition) is 0. The fourth-order valence-electron chi connectivity index (χ4n) is 1.33. The average molecular weight is 128 g/mol. The molecular weight excluding hydrogens is 112 g/mol. The molecule has 0 bridgehead atoms. The van der Waals surface area contributed by atoms with Gasteiger partial charge in [0.05, 0.1) is 12.2 Å². The Morgan fingerprint density at radius 3 is 2.44 bits per heavy atom. The van der Waals surface area contributed by atoms with Gasteiger partial charge in [0, 0.05) is 0 Å². The first-order valence-electron chi connectivity index (χ1n) is 4.02. The van der Waals surface area contributed by atoms with Crippen molar-refractivity contribution in [2.75, 3.05) is 0 Å². The summed E-state index contributed by atoms with van der Waals surface area (Å²) >= 11 is 0. The summed E-state index contributed by atoms with van der Waals surface area (Å²) in [5.74, 6) is 0. The van der Waals surface area contributed by atoms with Gasteiger partial charge in [0.1, 0.15) is 0 Å². The molecule has 1 nitrogen and oxygen atoms in total. The van der Waals surface area contributed by atoms with Crippen LogP contribution >= 0.6 is 0 Å². The molecule has 1 heteroatoms. The summed E-state index contributed by atoms with van der Waals surface area (Å²) in [5.41, 5.74) is 0. The first-order valence-corrected chi connectivity index (χ1v) is 4.02. The maximum absolute atomic E-state index is 5.53. The fraction of sp³-hybridized carbons (Fsp3) is 1.00. The van der Waals surface area contributed by atoms with Crippen molar-refractivity contribution in [3.63, 3.8) is 0 Å². The smallest absolute Gasteiger partial charge is 0.0603 e. The number of ether oxygens (including phenoxy) is 1. The van der Waals surface area contributed by atoms with Gasteiger partial charge < -0.3 is 4.74 Å². The predicted molar refractivity (Wildman–Crippen MR) is 38.5 cm³/mol. The summed E-state index contributed by atoms with van der Waals surface area (Å²) in [6.07, 6.45) is 6.24. The second kappa shape index (κ2) is 3.21. The molecule has 0 saturated carbocycles. The van der Waals surface area contributed by atoms with E-state index in [-0.39, 0.29) is 0 Å². The van der Waals surface area contributed by atoms with Crippen molar-refractivity contribution in [1.82, 2.24) is 0 Å². The molecule has 0 aromatic heterocycles. The first kappa shape index (κ1) is 7.07. The molecule has 0 radical (unpaired) electrons. The Hall–Kier alpha value is -0.0400. The lowest BCUT2D eigenvalue weighted by Gasteiger charge is -2.35. The van der Waals surface area contributed by atoms with Crippen LogP contribution in [0.4, 0.5) is 0 Å². The van der Waals surface area contributed by atoms with Crippen LogP contribution in [0.5, 0.6) is 0 Å². The van der Waals surface area contributed by atoms with Gasteiger partial charge in [-0.15, -0.1) is 0 Å². The lowest BCUT2D eigenvalue weighted by Crippen LogP contribution is -2.36. The van der Waals surface area contributed by atoms with Gasteiger partial charge in [-0.25, -0.2) is 0 Å². The summed E-state index contributed by atoms with van der Waals surface area (Å²) in [6.45, 7) is 4.40. The molecule has 9 heavy (non-hydrogen) atoms. The average Bonchev–Trinajstić information content (AvgIpc) is 1.77. The predicted octanol–water partition coefficient (Wildman–Crippen LogP) is 2.35. The minimum Gasteiger partial charge on any atom is -0.375 e. The van der Waals surface area contributed by atoms with Gasteiger partial charge in [0.2, 0.25) is 0 Å². The van der Waals surface area contributed by atoms with Gasteiger partial charge in [-0.2, -0.15) is 0 Å². The summed E-state index contributed by atoms with van der Waals surface area (Å²) in [6, 6.07) is 0. The highest BCUT2D eigenvalue weighted by Gasteiger charge is 2.26. The van der Waals surface area contributed by atoms with Crippen molar-refractivity contribution in [2.45, 2.75) is 51.7 Å². The Balaban J connectivity index is 1.98. The third-order valence-corrected chi connectivity index (χ3v) is 1.98. The van der Waals surface area contributed by atoms with Gasteiger partial charge in [-0.1, -0.05) is 20.3 Å². The molecule has 2 unspecified atom stereocenters. The van der Waals surface area contributed by atoms with E-state index in [0.29, 0.717) is 12.2 Å². The molecule has 0 spiro atoms. The van der Waals surface area contributed by atoms with E-state index in [1.165, 1.54) is 25.7 Å². The number of hydrogen-bond acceptors (Lipinski definition) is 1. The van der Waals surface area contributed by atoms with E-state index >= 15 is 0 Å². The highest BCUT2D eigenvalue weighted by Crippen LogP contribution is 2.25. The Kier molecular flexibility index (Phi) is 2.52. The maximum atomic E-state index is 5.53. The van der Waals surface area contributed by atoms with Crippen molar-refractivity contribution in [2.24, 2.45) is 0 Å². The highest BCUT2D eigenvalue weighted by atomic mass is 16.5. The van der Waals surface area contributed by atoms with Crippen molar-refractivity contribution in [3.8, 4) is 0 Å². The van der Waals surface area contributed by atoms with E-state index in [9.17, 15) is 0 Å². The zero-order valence-corrected chi connectivity index (χ0v) is 6.39. The molecular formula is C8H16O. The van der Waals surface area contributed by atoms with Gasteiger partial charge >= 0.3 is 0 Å². The van der Waals surface area contributed by atoms with Crippen molar-refractivity contribution >= 4 is 0 Å². The van der Waals surface area contributed by atoms with Crippen molar-refractivity contribution in [1.29, 1.82) is 0 Å². The van der Waals surface area contributed by atoms with Gasteiger partial charge in [0.25, 0.3) is 0 Å². The van der Waals surface area contributed by atoms with Crippen molar-refractivity contribution in [3.05, 3.63) is 0 Å². The van der Waals surface area contributed by atoms with Crippen LogP contribution in [0.2, 0.25) is 0 Å². The first-order chi connectivity index (χ1) is 4.36. The molecule has 1 rings (SSSR count). The van der Waals surface area contributed by atoms with Crippen LogP contribution in [-0.2, 0) is 4.74 Å².